The van der Waals surface area contributed by atoms with Gasteiger partial charge in [0.2, 0.25) is 5.91 Å². The Morgan fingerprint density at radius 2 is 1.95 bits per heavy atom. The lowest BCUT2D eigenvalue weighted by molar-refractivity contribution is -0.116. The summed E-state index contributed by atoms with van der Waals surface area (Å²) < 4.78 is 5.59. The second kappa shape index (κ2) is 9.34. The first kappa shape index (κ1) is 16.5. The molecule has 0 heterocycles. The van der Waals surface area contributed by atoms with Crippen LogP contribution in [0.4, 0.5) is 5.69 Å². The summed E-state index contributed by atoms with van der Waals surface area (Å²) in [5.74, 6) is 0.838. The van der Waals surface area contributed by atoms with E-state index in [4.69, 9.17) is 4.74 Å². The summed E-state index contributed by atoms with van der Waals surface area (Å²) in [6.45, 7) is 5.14. The van der Waals surface area contributed by atoms with E-state index in [1.54, 1.807) is 0 Å². The minimum absolute atomic E-state index is 0.0206. The second-order valence-corrected chi connectivity index (χ2v) is 4.83. The predicted molar refractivity (Wildman–Crippen MR) is 82.3 cm³/mol. The molecule has 0 spiro atoms. The van der Waals surface area contributed by atoms with Crippen molar-refractivity contribution in [2.24, 2.45) is 0 Å². The smallest absolute Gasteiger partial charge is 0.225 e. The lowest BCUT2D eigenvalue weighted by Gasteiger charge is -2.11. The SMILES string of the molecule is CCNCCC(=O)Nc1ccc(OCCN(C)C)cc1. The minimum Gasteiger partial charge on any atom is -0.492 e. The van der Waals surface area contributed by atoms with Crippen molar-refractivity contribution in [1.82, 2.24) is 10.2 Å². The summed E-state index contributed by atoms with van der Waals surface area (Å²) in [5, 5.41) is 5.98. The van der Waals surface area contributed by atoms with Crippen LogP contribution >= 0.6 is 0 Å². The van der Waals surface area contributed by atoms with E-state index in [1.807, 2.05) is 45.3 Å². The van der Waals surface area contributed by atoms with Gasteiger partial charge in [-0.3, -0.25) is 4.79 Å². The highest BCUT2D eigenvalue weighted by Crippen LogP contribution is 2.15. The van der Waals surface area contributed by atoms with Gasteiger partial charge in [-0.15, -0.1) is 0 Å². The predicted octanol–water partition coefficient (Wildman–Crippen LogP) is 1.57. The number of hydrogen-bond acceptors (Lipinski definition) is 4. The average molecular weight is 279 g/mol. The standard InChI is InChI=1S/C15H25N3O2/c1-4-16-10-9-15(19)17-13-5-7-14(8-6-13)20-12-11-18(2)3/h5-8,16H,4,9-12H2,1-3H3,(H,17,19). The first-order valence-corrected chi connectivity index (χ1v) is 7.00. The Balaban J connectivity index is 2.32. The number of nitrogens with one attached hydrogen (secondary N) is 2. The zero-order valence-electron chi connectivity index (χ0n) is 12.6. The molecular weight excluding hydrogens is 254 g/mol. The Labute approximate surface area is 121 Å². The molecule has 0 fully saturated rings. The third-order valence-electron chi connectivity index (χ3n) is 2.72. The van der Waals surface area contributed by atoms with Gasteiger partial charge in [0.15, 0.2) is 0 Å². The molecule has 0 aliphatic heterocycles. The van der Waals surface area contributed by atoms with Gasteiger partial charge < -0.3 is 20.3 Å². The summed E-state index contributed by atoms with van der Waals surface area (Å²) in [6.07, 6.45) is 0.481. The maximum Gasteiger partial charge on any atom is 0.225 e. The van der Waals surface area contributed by atoms with Crippen LogP contribution < -0.4 is 15.4 Å². The van der Waals surface area contributed by atoms with Crippen molar-refractivity contribution in [2.45, 2.75) is 13.3 Å². The molecule has 0 aliphatic rings. The van der Waals surface area contributed by atoms with Gasteiger partial charge in [0.05, 0.1) is 0 Å². The van der Waals surface area contributed by atoms with E-state index >= 15 is 0 Å². The first-order valence-electron chi connectivity index (χ1n) is 7.00. The zero-order valence-corrected chi connectivity index (χ0v) is 12.6. The van der Waals surface area contributed by atoms with E-state index in [9.17, 15) is 4.79 Å². The van der Waals surface area contributed by atoms with Crippen molar-refractivity contribution < 1.29 is 9.53 Å². The molecule has 2 N–H and O–H groups in total. The molecule has 5 heteroatoms. The molecule has 5 nitrogen and oxygen atoms in total. The largest absolute Gasteiger partial charge is 0.492 e. The van der Waals surface area contributed by atoms with Crippen molar-refractivity contribution in [3.05, 3.63) is 24.3 Å². The van der Waals surface area contributed by atoms with Crippen LogP contribution in [0.3, 0.4) is 0 Å². The fourth-order valence-electron chi connectivity index (χ4n) is 1.58. The lowest BCUT2D eigenvalue weighted by Crippen LogP contribution is -2.21. The molecule has 1 aromatic carbocycles. The molecule has 1 rings (SSSR count). The molecule has 1 amide bonds. The molecule has 0 bridgehead atoms. The number of carbonyl (C=O) groups is 1. The molecule has 0 radical (unpaired) electrons. The minimum atomic E-state index is 0.0206. The normalized spacial score (nSPS) is 10.6. The maximum absolute atomic E-state index is 11.6. The fraction of sp³-hybridized carbons (Fsp3) is 0.533. The van der Waals surface area contributed by atoms with Crippen LogP contribution in [0.5, 0.6) is 5.75 Å². The summed E-state index contributed by atoms with van der Waals surface area (Å²) in [6, 6.07) is 7.46. The quantitative estimate of drug-likeness (QED) is 0.674. The molecule has 0 aromatic heterocycles. The number of hydrogen-bond donors (Lipinski definition) is 2. The highest BCUT2D eigenvalue weighted by Gasteiger charge is 2.02. The molecule has 0 atom stereocenters. The van der Waals surface area contributed by atoms with Gasteiger partial charge in [0.25, 0.3) is 0 Å². The molecule has 0 aliphatic carbocycles. The second-order valence-electron chi connectivity index (χ2n) is 4.83. The molecule has 1 aromatic rings. The highest BCUT2D eigenvalue weighted by atomic mass is 16.5. The zero-order chi connectivity index (χ0) is 14.8. The van der Waals surface area contributed by atoms with Crippen LogP contribution in [-0.4, -0.2) is 51.1 Å². The highest BCUT2D eigenvalue weighted by molar-refractivity contribution is 5.90. The van der Waals surface area contributed by atoms with Gasteiger partial charge in [-0.05, 0) is 44.9 Å². The Bertz CT molecular complexity index is 391. The molecule has 20 heavy (non-hydrogen) atoms. The van der Waals surface area contributed by atoms with Crippen molar-refractivity contribution in [3.8, 4) is 5.75 Å². The van der Waals surface area contributed by atoms with Crippen LogP contribution in [0.1, 0.15) is 13.3 Å². The average Bonchev–Trinajstić information content (AvgIpc) is 2.41. The van der Waals surface area contributed by atoms with Crippen LogP contribution in [0, 0.1) is 0 Å². The van der Waals surface area contributed by atoms with Crippen molar-refractivity contribution in [3.63, 3.8) is 0 Å². The van der Waals surface area contributed by atoms with E-state index in [0.29, 0.717) is 19.6 Å². The monoisotopic (exact) mass is 279 g/mol. The molecule has 0 unspecified atom stereocenters. The topological polar surface area (TPSA) is 53.6 Å². The number of nitrogens with zero attached hydrogens (tertiary/aromatic N) is 1. The maximum atomic E-state index is 11.6. The van der Waals surface area contributed by atoms with E-state index < -0.39 is 0 Å². The Kier molecular flexibility index (Phi) is 7.69. The summed E-state index contributed by atoms with van der Waals surface area (Å²) >= 11 is 0. The van der Waals surface area contributed by atoms with Crippen LogP contribution in [-0.2, 0) is 4.79 Å². The summed E-state index contributed by atoms with van der Waals surface area (Å²) in [7, 11) is 4.02. The van der Waals surface area contributed by atoms with Gasteiger partial charge in [0.1, 0.15) is 12.4 Å². The molecule has 0 saturated heterocycles. The third-order valence-corrected chi connectivity index (χ3v) is 2.72. The summed E-state index contributed by atoms with van der Waals surface area (Å²) in [4.78, 5) is 13.7. The Hall–Kier alpha value is -1.59. The van der Waals surface area contributed by atoms with Crippen molar-refractivity contribution in [2.75, 3.05) is 45.7 Å². The number of likely N-dealkylation sites (N-methyl/N-ethyl adjacent to an activating group) is 1. The van der Waals surface area contributed by atoms with E-state index in [1.165, 1.54) is 0 Å². The third kappa shape index (κ3) is 7.11. The van der Waals surface area contributed by atoms with Gasteiger partial charge in [-0.2, -0.15) is 0 Å². The number of benzene rings is 1. The fourth-order valence-corrected chi connectivity index (χ4v) is 1.58. The van der Waals surface area contributed by atoms with Gasteiger partial charge in [-0.1, -0.05) is 6.92 Å². The van der Waals surface area contributed by atoms with Gasteiger partial charge >= 0.3 is 0 Å². The number of ether oxygens (including phenoxy) is 1. The van der Waals surface area contributed by atoms with Crippen LogP contribution in [0.25, 0.3) is 0 Å². The van der Waals surface area contributed by atoms with Crippen molar-refractivity contribution in [1.29, 1.82) is 0 Å². The molecular formula is C15H25N3O2. The van der Waals surface area contributed by atoms with E-state index in [2.05, 4.69) is 15.5 Å². The van der Waals surface area contributed by atoms with Crippen molar-refractivity contribution >= 4 is 11.6 Å². The molecule has 112 valence electrons. The Morgan fingerprint density at radius 3 is 2.55 bits per heavy atom. The van der Waals surface area contributed by atoms with Crippen LogP contribution in [0.15, 0.2) is 24.3 Å². The lowest BCUT2D eigenvalue weighted by atomic mass is 10.3. The van der Waals surface area contributed by atoms with E-state index in [-0.39, 0.29) is 5.91 Å². The Morgan fingerprint density at radius 1 is 1.25 bits per heavy atom. The number of anilines is 1. The van der Waals surface area contributed by atoms with E-state index in [0.717, 1.165) is 24.5 Å². The summed E-state index contributed by atoms with van der Waals surface area (Å²) in [5.41, 5.74) is 0.798. The number of amides is 1. The first-order chi connectivity index (χ1) is 9.61. The number of rotatable bonds is 9. The molecule has 0 saturated carbocycles. The number of carbonyl (C=O) groups excluding carboxylic acids is 1. The van der Waals surface area contributed by atoms with Gasteiger partial charge in [-0.25, -0.2) is 0 Å². The van der Waals surface area contributed by atoms with Gasteiger partial charge in [0, 0.05) is 25.2 Å². The van der Waals surface area contributed by atoms with Crippen LogP contribution in [0.2, 0.25) is 0 Å².